The zero-order valence-corrected chi connectivity index (χ0v) is 41.1. The lowest BCUT2D eigenvalue weighted by molar-refractivity contribution is 0.0375. The summed E-state index contributed by atoms with van der Waals surface area (Å²) in [5.41, 5.74) is 2.02. The highest BCUT2D eigenvalue weighted by molar-refractivity contribution is 7.85. The van der Waals surface area contributed by atoms with E-state index in [0.29, 0.717) is 33.3 Å². The molecule has 7 rings (SSSR count). The molecule has 0 unspecified atom stereocenters. The Hall–Kier alpha value is -4.76. The number of morpholine rings is 1. The lowest BCUT2D eigenvalue weighted by atomic mass is 10.0. The Kier molecular flexibility index (Phi) is 14.2. The summed E-state index contributed by atoms with van der Waals surface area (Å²) in [6.07, 6.45) is 2.02. The molecule has 1 N–H and O–H groups in total. The van der Waals surface area contributed by atoms with Gasteiger partial charge < -0.3 is 22.4 Å². The number of rotatable bonds is 10. The summed E-state index contributed by atoms with van der Waals surface area (Å²) in [7, 11) is -8.03. The van der Waals surface area contributed by atoms with E-state index in [1.807, 2.05) is 36.4 Å². The van der Waals surface area contributed by atoms with Gasteiger partial charge in [-0.1, -0.05) is 71.6 Å². The minimum absolute atomic E-state index is 0.000201. The topological polar surface area (TPSA) is 146 Å². The van der Waals surface area contributed by atoms with E-state index >= 15 is 0 Å². The van der Waals surface area contributed by atoms with Gasteiger partial charge in [-0.05, 0) is 109 Å². The van der Waals surface area contributed by atoms with Gasteiger partial charge in [0.1, 0.15) is 22.7 Å². The van der Waals surface area contributed by atoms with Crippen molar-refractivity contribution >= 4 is 70.2 Å². The molecule has 0 amide bonds. The van der Waals surface area contributed by atoms with Crippen molar-refractivity contribution in [1.29, 1.82) is 0 Å². The minimum atomic E-state index is -4.04. The monoisotopic (exact) mass is 911 g/mol. The number of hydrogen-bond donors (Lipinski definition) is 1. The summed E-state index contributed by atoms with van der Waals surface area (Å²) >= 11 is 0. The smallest absolute Gasteiger partial charge is 0.344 e. The van der Waals surface area contributed by atoms with Crippen molar-refractivity contribution in [3.05, 3.63) is 105 Å². The summed E-state index contributed by atoms with van der Waals surface area (Å²) in [4.78, 5) is 27.8. The summed E-state index contributed by atoms with van der Waals surface area (Å²) < 4.78 is 59.7. The third-order valence-electron chi connectivity index (χ3n) is 12.6. The van der Waals surface area contributed by atoms with Crippen molar-refractivity contribution in [1.82, 2.24) is 4.90 Å². The molecule has 0 atom stereocenters. The lowest BCUT2D eigenvalue weighted by Gasteiger charge is -2.36. The Morgan fingerprint density at radius 1 is 0.683 bits per heavy atom. The number of nitrogens with zero attached hydrogens (tertiary/aromatic N) is 1. The molecule has 0 bridgehead atoms. The van der Waals surface area contributed by atoms with E-state index in [1.165, 1.54) is 5.56 Å². The Morgan fingerprint density at radius 3 is 1.68 bits per heavy atom. The summed E-state index contributed by atoms with van der Waals surface area (Å²) in [6.45, 7) is 26.6. The van der Waals surface area contributed by atoms with Gasteiger partial charge in [0.15, 0.2) is 0 Å². The Labute approximate surface area is 372 Å². The van der Waals surface area contributed by atoms with Crippen LogP contribution in [0.5, 0.6) is 11.5 Å². The molecule has 336 valence electrons. The fourth-order valence-electron chi connectivity index (χ4n) is 6.80. The SMILES string of the molecule is CC(C)(C)[Si](C)(C)Oc1ccc2c(c1)oc(=O)c1cc(C#CCCS(=O)(=O)O)ccc12.CC(C)(C)[Si](C)(C)Oc1ccc2c(c1)oc(=O)c1cc(CCCN3CCOCC3)ccc12. The van der Waals surface area contributed by atoms with Gasteiger partial charge in [0.05, 0.1) is 29.7 Å². The minimum Gasteiger partial charge on any atom is -0.543 e. The molecular formula is C49H61NO10SSi2. The van der Waals surface area contributed by atoms with Crippen LogP contribution in [-0.2, 0) is 21.3 Å². The molecular weight excluding hydrogens is 851 g/mol. The maximum atomic E-state index is 12.8. The van der Waals surface area contributed by atoms with Crippen molar-refractivity contribution in [3.63, 3.8) is 0 Å². The van der Waals surface area contributed by atoms with Crippen LogP contribution in [0, 0.1) is 11.8 Å². The van der Waals surface area contributed by atoms with E-state index in [4.69, 9.17) is 27.0 Å². The van der Waals surface area contributed by atoms with E-state index in [9.17, 15) is 18.0 Å². The summed E-state index contributed by atoms with van der Waals surface area (Å²) in [5, 5.41) is 4.62. The Morgan fingerprint density at radius 2 is 1.17 bits per heavy atom. The van der Waals surface area contributed by atoms with E-state index in [0.717, 1.165) is 73.0 Å². The third kappa shape index (κ3) is 11.9. The first-order valence-corrected chi connectivity index (χ1v) is 29.0. The molecule has 14 heteroatoms. The number of benzene rings is 4. The van der Waals surface area contributed by atoms with Crippen molar-refractivity contribution in [2.24, 2.45) is 0 Å². The predicted octanol–water partition coefficient (Wildman–Crippen LogP) is 10.6. The van der Waals surface area contributed by atoms with Crippen LogP contribution in [0.3, 0.4) is 0 Å². The normalized spacial score (nSPS) is 14.3. The number of aryl methyl sites for hydroxylation is 1. The number of hydrogen-bond acceptors (Lipinski definition) is 10. The second kappa shape index (κ2) is 18.8. The molecule has 0 radical (unpaired) electrons. The molecule has 2 aromatic heterocycles. The second-order valence-electron chi connectivity index (χ2n) is 19.4. The van der Waals surface area contributed by atoms with Gasteiger partial charge in [-0.3, -0.25) is 9.45 Å². The van der Waals surface area contributed by atoms with Gasteiger partial charge in [0.2, 0.25) is 16.6 Å². The van der Waals surface area contributed by atoms with Crippen molar-refractivity contribution in [2.45, 2.75) is 97.1 Å². The largest absolute Gasteiger partial charge is 0.543 e. The first-order valence-electron chi connectivity index (χ1n) is 21.5. The average Bonchev–Trinajstić information content (AvgIpc) is 3.19. The fraction of sp³-hybridized carbons (Fsp3) is 0.429. The van der Waals surface area contributed by atoms with E-state index in [1.54, 1.807) is 24.3 Å². The van der Waals surface area contributed by atoms with Gasteiger partial charge in [0, 0.05) is 53.4 Å². The molecule has 0 spiro atoms. The summed E-state index contributed by atoms with van der Waals surface area (Å²) in [5.74, 6) is 6.52. The maximum absolute atomic E-state index is 12.8. The van der Waals surface area contributed by atoms with Crippen LogP contribution in [0.4, 0.5) is 0 Å². The molecule has 1 fully saturated rings. The van der Waals surface area contributed by atoms with Crippen LogP contribution < -0.4 is 20.1 Å². The van der Waals surface area contributed by atoms with Crippen LogP contribution in [0.15, 0.2) is 91.2 Å². The standard InChI is InChI=1S/C26H35NO4Si.C23H26O6SSi/c1-26(2,3)32(4,5)31-20-9-11-22-21-10-8-19(7-6-12-27-13-15-29-16-14-27)17-23(21)25(28)30-24(22)18-20;1-23(2,3)31(4,5)29-17-10-12-19-18-11-9-16(8-6-7-13-30(25,26)27)14-20(18)22(24)28-21(19)15-17/h8-11,17-18H,6-7,12-16H2,1-5H3;9-12,14-15H,7,13H2,1-5H3,(H,25,26,27). The quantitative estimate of drug-likeness (QED) is 0.0461. The van der Waals surface area contributed by atoms with Crippen molar-refractivity contribution < 1.29 is 35.4 Å². The van der Waals surface area contributed by atoms with Crippen LogP contribution >= 0.6 is 0 Å². The molecule has 3 heterocycles. The molecule has 1 saturated heterocycles. The predicted molar refractivity (Wildman–Crippen MR) is 259 cm³/mol. The maximum Gasteiger partial charge on any atom is 0.344 e. The van der Waals surface area contributed by atoms with Gasteiger partial charge in [0.25, 0.3) is 10.1 Å². The molecule has 6 aromatic rings. The van der Waals surface area contributed by atoms with Crippen molar-refractivity contribution in [2.75, 3.05) is 38.6 Å². The van der Waals surface area contributed by atoms with Gasteiger partial charge in [-0.15, -0.1) is 0 Å². The fourth-order valence-corrected chi connectivity index (χ4v) is 9.21. The van der Waals surface area contributed by atoms with E-state index in [-0.39, 0.29) is 22.1 Å². The zero-order chi connectivity index (χ0) is 46.0. The van der Waals surface area contributed by atoms with Gasteiger partial charge >= 0.3 is 11.3 Å². The highest BCUT2D eigenvalue weighted by atomic mass is 32.2. The van der Waals surface area contributed by atoms with Gasteiger partial charge in [-0.2, -0.15) is 8.42 Å². The number of fused-ring (bicyclic) bond motifs is 6. The third-order valence-corrected chi connectivity index (χ3v) is 22.0. The highest BCUT2D eigenvalue weighted by Gasteiger charge is 2.40. The Bertz CT molecular complexity index is 2930. The van der Waals surface area contributed by atoms with E-state index in [2.05, 4.69) is 96.6 Å². The molecule has 1 aliphatic heterocycles. The molecule has 63 heavy (non-hydrogen) atoms. The molecule has 4 aromatic carbocycles. The first kappa shape index (κ1) is 47.7. The second-order valence-corrected chi connectivity index (χ2v) is 30.4. The van der Waals surface area contributed by atoms with E-state index < -0.39 is 38.1 Å². The Balaban J connectivity index is 0.000000210. The molecule has 0 saturated carbocycles. The van der Waals surface area contributed by atoms with Crippen LogP contribution in [0.2, 0.25) is 36.3 Å². The number of ether oxygens (including phenoxy) is 1. The van der Waals surface area contributed by atoms with Crippen LogP contribution in [-0.4, -0.2) is 73.1 Å². The first-order chi connectivity index (χ1) is 29.4. The lowest BCUT2D eigenvalue weighted by Crippen LogP contribution is -2.43. The zero-order valence-electron chi connectivity index (χ0n) is 38.3. The molecule has 1 aliphatic rings. The van der Waals surface area contributed by atoms with Gasteiger partial charge in [-0.25, -0.2) is 9.59 Å². The summed E-state index contributed by atoms with van der Waals surface area (Å²) in [6, 6.07) is 22.8. The van der Waals surface area contributed by atoms with Crippen LogP contribution in [0.1, 0.15) is 65.5 Å². The molecule has 0 aliphatic carbocycles. The van der Waals surface area contributed by atoms with Crippen molar-refractivity contribution in [3.8, 4) is 23.3 Å². The highest BCUT2D eigenvalue weighted by Crippen LogP contribution is 2.39. The van der Waals surface area contributed by atoms with Crippen LogP contribution in [0.25, 0.3) is 43.5 Å². The average molecular weight is 912 g/mol. The molecule has 11 nitrogen and oxygen atoms in total.